The van der Waals surface area contributed by atoms with Crippen LogP contribution in [0.2, 0.25) is 0 Å². The van der Waals surface area contributed by atoms with E-state index in [1.54, 1.807) is 4.90 Å². The van der Waals surface area contributed by atoms with Crippen molar-refractivity contribution in [3.63, 3.8) is 0 Å². The molecule has 0 unspecified atom stereocenters. The zero-order valence-electron chi connectivity index (χ0n) is 16.1. The Balaban J connectivity index is 0.00000280. The minimum absolute atomic E-state index is 0. The van der Waals surface area contributed by atoms with Gasteiger partial charge < -0.3 is 10.6 Å². The van der Waals surface area contributed by atoms with E-state index in [2.05, 4.69) is 4.98 Å². The van der Waals surface area contributed by atoms with Crippen LogP contribution in [0.1, 0.15) is 16.0 Å². The Morgan fingerprint density at radius 1 is 1.21 bits per heavy atom. The molecule has 0 atom stereocenters. The molecular formula is C20H25ClN4O2S. The number of carbonyl (C=O) groups is 1. The van der Waals surface area contributed by atoms with Crippen LogP contribution in [0, 0.1) is 13.8 Å². The van der Waals surface area contributed by atoms with Gasteiger partial charge in [0.1, 0.15) is 11.4 Å². The number of nitrogens with zero attached hydrogens (tertiary/aromatic N) is 3. The number of aromatic nitrogens is 2. The molecule has 3 rings (SSSR count). The molecule has 8 heteroatoms. The van der Waals surface area contributed by atoms with Gasteiger partial charge in [-0.1, -0.05) is 30.3 Å². The second kappa shape index (κ2) is 9.82. The number of rotatable bonds is 7. The minimum atomic E-state index is -0.161. The van der Waals surface area contributed by atoms with Gasteiger partial charge in [0.05, 0.1) is 11.7 Å². The molecule has 3 aromatic rings. The van der Waals surface area contributed by atoms with E-state index in [4.69, 9.17) is 5.73 Å². The molecule has 0 aliphatic rings. The first kappa shape index (κ1) is 22.1. The van der Waals surface area contributed by atoms with E-state index >= 15 is 0 Å². The Hall–Kier alpha value is -2.22. The maximum atomic E-state index is 12.8. The molecule has 150 valence electrons. The van der Waals surface area contributed by atoms with Gasteiger partial charge in [0.15, 0.2) is 0 Å². The van der Waals surface area contributed by atoms with Crippen LogP contribution in [0.4, 0.5) is 0 Å². The molecule has 0 aliphatic carbocycles. The van der Waals surface area contributed by atoms with Crippen LogP contribution in [0.25, 0.3) is 10.2 Å². The highest BCUT2D eigenvalue weighted by molar-refractivity contribution is 7.18. The standard InChI is InChI=1S/C20H24N4O2S.ClH/c1-14-15(2)27-19-18(14)20(26)24(13-22-19)12-17(25)23(11-9-21)10-8-16-6-4-3-5-7-16;/h3-7,13H,8-12,21H2,1-2H3;1H. The Morgan fingerprint density at radius 2 is 1.93 bits per heavy atom. The van der Waals surface area contributed by atoms with E-state index in [0.29, 0.717) is 25.0 Å². The molecule has 0 spiro atoms. The van der Waals surface area contributed by atoms with E-state index in [9.17, 15) is 9.59 Å². The Morgan fingerprint density at radius 3 is 2.61 bits per heavy atom. The van der Waals surface area contributed by atoms with Gasteiger partial charge in [0, 0.05) is 24.5 Å². The number of benzene rings is 1. The topological polar surface area (TPSA) is 81.2 Å². The number of halogens is 1. The summed E-state index contributed by atoms with van der Waals surface area (Å²) in [6.45, 7) is 5.29. The number of fused-ring (bicyclic) bond motifs is 1. The molecule has 6 nitrogen and oxygen atoms in total. The van der Waals surface area contributed by atoms with Crippen molar-refractivity contribution in [2.75, 3.05) is 19.6 Å². The van der Waals surface area contributed by atoms with E-state index in [0.717, 1.165) is 27.3 Å². The van der Waals surface area contributed by atoms with Gasteiger partial charge in [0.25, 0.3) is 5.56 Å². The van der Waals surface area contributed by atoms with Crippen molar-refractivity contribution in [2.24, 2.45) is 5.73 Å². The van der Waals surface area contributed by atoms with Gasteiger partial charge in [-0.25, -0.2) is 4.98 Å². The van der Waals surface area contributed by atoms with Crippen LogP contribution in [-0.2, 0) is 17.8 Å². The van der Waals surface area contributed by atoms with Crippen LogP contribution in [-0.4, -0.2) is 40.0 Å². The largest absolute Gasteiger partial charge is 0.340 e. The van der Waals surface area contributed by atoms with Crippen molar-refractivity contribution < 1.29 is 4.79 Å². The van der Waals surface area contributed by atoms with E-state index in [1.165, 1.54) is 22.2 Å². The lowest BCUT2D eigenvalue weighted by Gasteiger charge is -2.22. The van der Waals surface area contributed by atoms with Crippen LogP contribution >= 0.6 is 23.7 Å². The lowest BCUT2D eigenvalue weighted by molar-refractivity contribution is -0.131. The van der Waals surface area contributed by atoms with Gasteiger partial charge in [-0.3, -0.25) is 14.2 Å². The lowest BCUT2D eigenvalue weighted by atomic mass is 10.1. The molecule has 0 fully saturated rings. The van der Waals surface area contributed by atoms with Crippen molar-refractivity contribution in [1.29, 1.82) is 0 Å². The number of aryl methyl sites for hydroxylation is 2. The lowest BCUT2D eigenvalue weighted by Crippen LogP contribution is -2.40. The molecular weight excluding hydrogens is 396 g/mol. The number of hydrogen-bond donors (Lipinski definition) is 1. The quantitative estimate of drug-likeness (QED) is 0.636. The molecule has 1 aromatic carbocycles. The van der Waals surface area contributed by atoms with Gasteiger partial charge in [-0.2, -0.15) is 0 Å². The van der Waals surface area contributed by atoms with E-state index in [1.807, 2.05) is 44.2 Å². The summed E-state index contributed by atoms with van der Waals surface area (Å²) in [4.78, 5) is 33.5. The van der Waals surface area contributed by atoms with Gasteiger partial charge in [-0.05, 0) is 31.4 Å². The number of amides is 1. The highest BCUT2D eigenvalue weighted by atomic mass is 35.5. The molecule has 0 saturated heterocycles. The molecule has 1 amide bonds. The monoisotopic (exact) mass is 420 g/mol. The molecule has 28 heavy (non-hydrogen) atoms. The summed E-state index contributed by atoms with van der Waals surface area (Å²) in [5.74, 6) is -0.121. The Labute approximate surface area is 174 Å². The van der Waals surface area contributed by atoms with E-state index < -0.39 is 0 Å². The van der Waals surface area contributed by atoms with Crippen LogP contribution < -0.4 is 11.3 Å². The van der Waals surface area contributed by atoms with Gasteiger partial charge in [-0.15, -0.1) is 23.7 Å². The molecule has 0 aliphatic heterocycles. The van der Waals surface area contributed by atoms with Gasteiger partial charge in [0.2, 0.25) is 5.91 Å². The summed E-state index contributed by atoms with van der Waals surface area (Å²) in [5, 5.41) is 0.613. The highest BCUT2D eigenvalue weighted by Crippen LogP contribution is 2.25. The summed E-state index contributed by atoms with van der Waals surface area (Å²) in [7, 11) is 0. The second-order valence-electron chi connectivity index (χ2n) is 6.55. The molecule has 2 heterocycles. The minimum Gasteiger partial charge on any atom is -0.340 e. The number of nitrogens with two attached hydrogens (primary N) is 1. The number of hydrogen-bond acceptors (Lipinski definition) is 5. The van der Waals surface area contributed by atoms with Crippen LogP contribution in [0.5, 0.6) is 0 Å². The normalized spacial score (nSPS) is 10.7. The Kier molecular flexibility index (Phi) is 7.74. The number of thiophene rings is 1. The number of carbonyl (C=O) groups excluding carboxylic acids is 1. The molecule has 2 aromatic heterocycles. The van der Waals surface area contributed by atoms with Crippen molar-refractivity contribution >= 4 is 39.9 Å². The predicted molar refractivity (Wildman–Crippen MR) is 116 cm³/mol. The maximum absolute atomic E-state index is 12.8. The zero-order chi connectivity index (χ0) is 19.4. The molecule has 0 radical (unpaired) electrons. The third kappa shape index (κ3) is 4.79. The Bertz CT molecular complexity index is 1000. The van der Waals surface area contributed by atoms with Crippen LogP contribution in [0.3, 0.4) is 0 Å². The summed E-state index contributed by atoms with van der Waals surface area (Å²) in [5.41, 5.74) is 7.63. The van der Waals surface area contributed by atoms with Crippen molar-refractivity contribution in [3.8, 4) is 0 Å². The van der Waals surface area contributed by atoms with Gasteiger partial charge >= 0.3 is 0 Å². The molecule has 0 saturated carbocycles. The fourth-order valence-electron chi connectivity index (χ4n) is 3.05. The first-order valence-electron chi connectivity index (χ1n) is 8.98. The predicted octanol–water partition coefficient (Wildman–Crippen LogP) is 2.53. The summed E-state index contributed by atoms with van der Waals surface area (Å²) in [6, 6.07) is 10.0. The first-order chi connectivity index (χ1) is 13.0. The second-order valence-corrected chi connectivity index (χ2v) is 7.75. The summed E-state index contributed by atoms with van der Waals surface area (Å²) in [6.07, 6.45) is 2.22. The zero-order valence-corrected chi connectivity index (χ0v) is 17.7. The fourth-order valence-corrected chi connectivity index (χ4v) is 4.04. The fraction of sp³-hybridized carbons (Fsp3) is 0.350. The summed E-state index contributed by atoms with van der Waals surface area (Å²) >= 11 is 1.50. The molecule has 0 bridgehead atoms. The average Bonchev–Trinajstić information content (AvgIpc) is 2.96. The smallest absolute Gasteiger partial charge is 0.262 e. The van der Waals surface area contributed by atoms with Crippen molar-refractivity contribution in [1.82, 2.24) is 14.5 Å². The van der Waals surface area contributed by atoms with Crippen molar-refractivity contribution in [2.45, 2.75) is 26.8 Å². The van der Waals surface area contributed by atoms with Crippen molar-refractivity contribution in [3.05, 3.63) is 63.0 Å². The third-order valence-electron chi connectivity index (χ3n) is 4.73. The van der Waals surface area contributed by atoms with E-state index in [-0.39, 0.29) is 30.4 Å². The highest BCUT2D eigenvalue weighted by Gasteiger charge is 2.17. The average molecular weight is 421 g/mol. The molecule has 2 N–H and O–H groups in total. The maximum Gasteiger partial charge on any atom is 0.262 e. The third-order valence-corrected chi connectivity index (χ3v) is 5.84. The first-order valence-corrected chi connectivity index (χ1v) is 9.79. The SMILES string of the molecule is Cc1sc2ncn(CC(=O)N(CCN)CCc3ccccc3)c(=O)c2c1C.Cl. The van der Waals surface area contributed by atoms with Crippen LogP contribution in [0.15, 0.2) is 41.5 Å². The summed E-state index contributed by atoms with van der Waals surface area (Å²) < 4.78 is 1.40.